The molecule has 3 rings (SSSR count). The molecule has 0 bridgehead atoms. The van der Waals surface area contributed by atoms with Crippen LogP contribution in [-0.4, -0.2) is 16.1 Å². The van der Waals surface area contributed by atoms with Crippen LogP contribution in [0.2, 0.25) is 0 Å². The van der Waals surface area contributed by atoms with E-state index in [2.05, 4.69) is 37.0 Å². The van der Waals surface area contributed by atoms with Crippen molar-refractivity contribution in [2.24, 2.45) is 0 Å². The van der Waals surface area contributed by atoms with Crippen molar-refractivity contribution in [3.8, 4) is 11.1 Å². The third-order valence-corrected chi connectivity index (χ3v) is 3.61. The first-order valence-corrected chi connectivity index (χ1v) is 6.48. The quantitative estimate of drug-likeness (QED) is 0.731. The van der Waals surface area contributed by atoms with Crippen molar-refractivity contribution in [1.82, 2.24) is 4.98 Å². The molecular formula is C17H15NO2. The summed E-state index contributed by atoms with van der Waals surface area (Å²) in [7, 11) is 0. The predicted octanol–water partition coefficient (Wildman–Crippen LogP) is 4.15. The van der Waals surface area contributed by atoms with Gasteiger partial charge in [-0.25, -0.2) is 4.79 Å². The minimum Gasteiger partial charge on any atom is -0.478 e. The number of nitrogens with one attached hydrogen (secondary N) is 1. The highest BCUT2D eigenvalue weighted by Gasteiger charge is 2.11. The number of aromatic carboxylic acids is 1. The molecular weight excluding hydrogens is 250 g/mol. The maximum Gasteiger partial charge on any atom is 0.337 e. The lowest BCUT2D eigenvalue weighted by molar-refractivity contribution is 0.0699. The second kappa shape index (κ2) is 4.53. The van der Waals surface area contributed by atoms with Crippen LogP contribution < -0.4 is 0 Å². The van der Waals surface area contributed by atoms with E-state index in [1.165, 1.54) is 11.1 Å². The molecule has 0 spiro atoms. The summed E-state index contributed by atoms with van der Waals surface area (Å²) in [5.74, 6) is -0.908. The number of carboxylic acid groups (broad SMARTS) is 1. The normalized spacial score (nSPS) is 10.9. The number of carboxylic acids is 1. The lowest BCUT2D eigenvalue weighted by atomic mass is 9.97. The average Bonchev–Trinajstić information content (AvgIpc) is 2.81. The monoisotopic (exact) mass is 265 g/mol. The number of hydrogen-bond acceptors (Lipinski definition) is 1. The van der Waals surface area contributed by atoms with E-state index in [4.69, 9.17) is 0 Å². The van der Waals surface area contributed by atoms with E-state index in [0.29, 0.717) is 5.56 Å². The van der Waals surface area contributed by atoms with Gasteiger partial charge in [0.05, 0.1) is 5.56 Å². The topological polar surface area (TPSA) is 53.1 Å². The average molecular weight is 265 g/mol. The van der Waals surface area contributed by atoms with Gasteiger partial charge in [-0.2, -0.15) is 0 Å². The van der Waals surface area contributed by atoms with E-state index in [1.54, 1.807) is 6.20 Å². The number of fused-ring (bicyclic) bond motifs is 1. The highest BCUT2D eigenvalue weighted by atomic mass is 16.4. The zero-order valence-electron chi connectivity index (χ0n) is 11.4. The summed E-state index contributed by atoms with van der Waals surface area (Å²) in [4.78, 5) is 14.2. The number of benzene rings is 2. The zero-order valence-corrected chi connectivity index (χ0v) is 11.4. The Morgan fingerprint density at radius 1 is 1.10 bits per heavy atom. The molecule has 1 heterocycles. The Labute approximate surface area is 116 Å². The van der Waals surface area contributed by atoms with Crippen molar-refractivity contribution >= 4 is 16.9 Å². The number of rotatable bonds is 2. The summed E-state index contributed by atoms with van der Waals surface area (Å²) in [5, 5.41) is 9.95. The fourth-order valence-electron chi connectivity index (χ4n) is 2.60. The Hall–Kier alpha value is -2.55. The molecule has 100 valence electrons. The summed E-state index contributed by atoms with van der Waals surface area (Å²) < 4.78 is 0. The van der Waals surface area contributed by atoms with Crippen molar-refractivity contribution in [2.75, 3.05) is 0 Å². The molecule has 0 radical (unpaired) electrons. The van der Waals surface area contributed by atoms with Crippen LogP contribution in [0, 0.1) is 13.8 Å². The van der Waals surface area contributed by atoms with Gasteiger partial charge in [0.25, 0.3) is 0 Å². The van der Waals surface area contributed by atoms with E-state index >= 15 is 0 Å². The van der Waals surface area contributed by atoms with E-state index in [-0.39, 0.29) is 0 Å². The molecule has 0 fully saturated rings. The predicted molar refractivity (Wildman–Crippen MR) is 80.2 cm³/mol. The smallest absolute Gasteiger partial charge is 0.337 e. The van der Waals surface area contributed by atoms with Crippen LogP contribution in [0.3, 0.4) is 0 Å². The third-order valence-electron chi connectivity index (χ3n) is 3.61. The maximum atomic E-state index is 11.2. The van der Waals surface area contributed by atoms with Gasteiger partial charge >= 0.3 is 5.97 Å². The zero-order chi connectivity index (χ0) is 14.3. The van der Waals surface area contributed by atoms with E-state index in [1.807, 2.05) is 18.2 Å². The fourth-order valence-corrected chi connectivity index (χ4v) is 2.60. The lowest BCUT2D eigenvalue weighted by Crippen LogP contribution is -1.93. The van der Waals surface area contributed by atoms with Gasteiger partial charge in [0, 0.05) is 17.1 Å². The molecule has 0 aliphatic heterocycles. The van der Waals surface area contributed by atoms with Crippen LogP contribution in [0.5, 0.6) is 0 Å². The minimum absolute atomic E-state index is 0.312. The van der Waals surface area contributed by atoms with Gasteiger partial charge in [-0.15, -0.1) is 0 Å². The molecule has 1 aromatic heterocycles. The molecule has 0 atom stereocenters. The first kappa shape index (κ1) is 12.5. The number of carbonyl (C=O) groups is 1. The van der Waals surface area contributed by atoms with Gasteiger partial charge in [-0.3, -0.25) is 0 Å². The molecule has 3 nitrogen and oxygen atoms in total. The van der Waals surface area contributed by atoms with E-state index < -0.39 is 5.97 Å². The molecule has 0 saturated carbocycles. The van der Waals surface area contributed by atoms with Crippen LogP contribution in [0.25, 0.3) is 22.0 Å². The summed E-state index contributed by atoms with van der Waals surface area (Å²) in [6.07, 6.45) is 1.54. The van der Waals surface area contributed by atoms with Gasteiger partial charge in [0.1, 0.15) is 0 Å². The van der Waals surface area contributed by atoms with Crippen molar-refractivity contribution in [1.29, 1.82) is 0 Å². The molecule has 0 unspecified atom stereocenters. The molecule has 3 heteroatoms. The first-order valence-electron chi connectivity index (χ1n) is 6.48. The summed E-state index contributed by atoms with van der Waals surface area (Å²) >= 11 is 0. The van der Waals surface area contributed by atoms with Crippen molar-refractivity contribution in [2.45, 2.75) is 13.8 Å². The number of H-pyrrole nitrogens is 1. The Balaban J connectivity index is 2.21. The minimum atomic E-state index is -0.908. The molecule has 0 saturated heterocycles. The maximum absolute atomic E-state index is 11.2. The van der Waals surface area contributed by atoms with Crippen LogP contribution in [0.15, 0.2) is 42.6 Å². The second-order valence-electron chi connectivity index (χ2n) is 5.09. The van der Waals surface area contributed by atoms with E-state index in [9.17, 15) is 9.90 Å². The molecule has 2 N–H and O–H groups in total. The highest BCUT2D eigenvalue weighted by molar-refractivity contribution is 6.04. The van der Waals surface area contributed by atoms with Gasteiger partial charge in [0.15, 0.2) is 0 Å². The largest absolute Gasteiger partial charge is 0.478 e. The Morgan fingerprint density at radius 2 is 1.90 bits per heavy atom. The van der Waals surface area contributed by atoms with Crippen molar-refractivity contribution < 1.29 is 9.90 Å². The van der Waals surface area contributed by atoms with Crippen LogP contribution in [0.4, 0.5) is 0 Å². The van der Waals surface area contributed by atoms with Crippen LogP contribution in [0.1, 0.15) is 21.5 Å². The second-order valence-corrected chi connectivity index (χ2v) is 5.09. The summed E-state index contributed by atoms with van der Waals surface area (Å²) in [6, 6.07) is 12.2. The van der Waals surface area contributed by atoms with E-state index in [0.717, 1.165) is 22.0 Å². The van der Waals surface area contributed by atoms with Gasteiger partial charge in [-0.05, 0) is 42.7 Å². The Bertz CT molecular complexity index is 815. The molecule has 0 aliphatic carbocycles. The molecule has 2 aromatic carbocycles. The molecule has 0 aliphatic rings. The first-order chi connectivity index (χ1) is 9.56. The molecule has 0 amide bonds. The van der Waals surface area contributed by atoms with Crippen molar-refractivity contribution in [3.63, 3.8) is 0 Å². The number of aryl methyl sites for hydroxylation is 2. The standard InChI is InChI=1S/C17H15NO2/c1-10-3-5-13(11(2)7-10)12-4-6-16-14(8-12)15(9-18-16)17(19)20/h3-9,18H,1-2H3,(H,19,20). The van der Waals surface area contributed by atoms with Gasteiger partial charge in [-0.1, -0.05) is 29.8 Å². The highest BCUT2D eigenvalue weighted by Crippen LogP contribution is 2.29. The van der Waals surface area contributed by atoms with Crippen LogP contribution >= 0.6 is 0 Å². The number of aromatic amines is 1. The molecule has 3 aromatic rings. The third kappa shape index (κ3) is 1.97. The fraction of sp³-hybridized carbons (Fsp3) is 0.118. The van der Waals surface area contributed by atoms with Gasteiger partial charge in [0.2, 0.25) is 0 Å². The SMILES string of the molecule is Cc1ccc(-c2ccc3[nH]cc(C(=O)O)c3c2)c(C)c1. The van der Waals surface area contributed by atoms with Gasteiger partial charge < -0.3 is 10.1 Å². The summed E-state index contributed by atoms with van der Waals surface area (Å²) in [6.45, 7) is 4.14. The Morgan fingerprint density at radius 3 is 2.60 bits per heavy atom. The number of aromatic nitrogens is 1. The lowest BCUT2D eigenvalue weighted by Gasteiger charge is -2.07. The number of hydrogen-bond donors (Lipinski definition) is 2. The molecule has 20 heavy (non-hydrogen) atoms. The van der Waals surface area contributed by atoms with Crippen molar-refractivity contribution in [3.05, 3.63) is 59.3 Å². The van der Waals surface area contributed by atoms with Crippen LogP contribution in [-0.2, 0) is 0 Å². The Kier molecular flexibility index (Phi) is 2.83. The summed E-state index contributed by atoms with van der Waals surface area (Å²) in [5.41, 5.74) is 5.74.